The van der Waals surface area contributed by atoms with Crippen LogP contribution in [0.1, 0.15) is 33.1 Å². The molecule has 3 heteroatoms. The van der Waals surface area contributed by atoms with Gasteiger partial charge in [0.15, 0.2) is 0 Å². The fraction of sp³-hybridized carbons (Fsp3) is 1.00. The molecule has 2 aliphatic rings. The van der Waals surface area contributed by atoms with E-state index in [-0.39, 0.29) is 12.1 Å². The standard InChI is InChI=1S/C12H23NO2/c1-9-3-5-13(10(2)7-9)11-8-15-6-4-12(11)14/h9-12,14H,3-8H2,1-2H3. The topological polar surface area (TPSA) is 32.7 Å². The Morgan fingerprint density at radius 2 is 2.07 bits per heavy atom. The van der Waals surface area contributed by atoms with Gasteiger partial charge in [0.25, 0.3) is 0 Å². The molecule has 1 N–H and O–H groups in total. The third-order valence-electron chi connectivity index (χ3n) is 3.91. The number of ether oxygens (including phenoxy) is 1. The predicted molar refractivity (Wildman–Crippen MR) is 59.8 cm³/mol. The molecule has 0 amide bonds. The maximum absolute atomic E-state index is 9.98. The number of aliphatic hydroxyl groups excluding tert-OH is 1. The summed E-state index contributed by atoms with van der Waals surface area (Å²) in [6.07, 6.45) is 3.12. The molecule has 2 saturated heterocycles. The molecule has 0 aliphatic carbocycles. The first kappa shape index (κ1) is 11.4. The Labute approximate surface area is 92.4 Å². The number of nitrogens with zero attached hydrogens (tertiary/aromatic N) is 1. The van der Waals surface area contributed by atoms with Gasteiger partial charge in [0.1, 0.15) is 0 Å². The second kappa shape index (κ2) is 4.81. The van der Waals surface area contributed by atoms with E-state index >= 15 is 0 Å². The molecular formula is C12H23NO2. The van der Waals surface area contributed by atoms with Gasteiger partial charge in [-0.05, 0) is 38.6 Å². The summed E-state index contributed by atoms with van der Waals surface area (Å²) in [7, 11) is 0. The van der Waals surface area contributed by atoms with Crippen LogP contribution in [-0.4, -0.2) is 48.0 Å². The van der Waals surface area contributed by atoms with E-state index in [0.29, 0.717) is 12.6 Å². The third kappa shape index (κ3) is 2.52. The Balaban J connectivity index is 1.96. The van der Waals surface area contributed by atoms with Gasteiger partial charge in [0.2, 0.25) is 0 Å². The summed E-state index contributed by atoms with van der Waals surface area (Å²) in [6, 6.07) is 0.830. The first-order valence-electron chi connectivity index (χ1n) is 6.20. The normalized spacial score (nSPS) is 44.2. The lowest BCUT2D eigenvalue weighted by molar-refractivity contribution is -0.0818. The summed E-state index contributed by atoms with van der Waals surface area (Å²) in [5, 5.41) is 9.98. The summed E-state index contributed by atoms with van der Waals surface area (Å²) in [5.74, 6) is 0.831. The number of piperidine rings is 1. The zero-order chi connectivity index (χ0) is 10.8. The fourth-order valence-corrected chi connectivity index (χ4v) is 2.95. The molecule has 4 atom stereocenters. The molecule has 88 valence electrons. The molecule has 0 radical (unpaired) electrons. The highest BCUT2D eigenvalue weighted by molar-refractivity contribution is 4.88. The average molecular weight is 213 g/mol. The van der Waals surface area contributed by atoms with Gasteiger partial charge in [-0.15, -0.1) is 0 Å². The molecule has 4 unspecified atom stereocenters. The van der Waals surface area contributed by atoms with Crippen LogP contribution in [0.4, 0.5) is 0 Å². The van der Waals surface area contributed by atoms with E-state index in [4.69, 9.17) is 4.74 Å². The van der Waals surface area contributed by atoms with Crippen molar-refractivity contribution < 1.29 is 9.84 Å². The van der Waals surface area contributed by atoms with Gasteiger partial charge in [0.05, 0.1) is 18.8 Å². The minimum Gasteiger partial charge on any atom is -0.391 e. The van der Waals surface area contributed by atoms with Crippen molar-refractivity contribution in [2.45, 2.75) is 51.3 Å². The van der Waals surface area contributed by atoms with Crippen molar-refractivity contribution in [1.29, 1.82) is 0 Å². The first-order chi connectivity index (χ1) is 7.18. The van der Waals surface area contributed by atoms with Crippen molar-refractivity contribution in [1.82, 2.24) is 4.90 Å². The monoisotopic (exact) mass is 213 g/mol. The Bertz CT molecular complexity index is 210. The number of hydrogen-bond donors (Lipinski definition) is 1. The summed E-state index contributed by atoms with van der Waals surface area (Å²) in [6.45, 7) is 7.14. The maximum Gasteiger partial charge on any atom is 0.0739 e. The Morgan fingerprint density at radius 3 is 2.73 bits per heavy atom. The molecule has 0 aromatic carbocycles. The molecule has 0 aromatic heterocycles. The van der Waals surface area contributed by atoms with Gasteiger partial charge in [-0.3, -0.25) is 4.90 Å². The molecule has 2 rings (SSSR count). The Kier molecular flexibility index (Phi) is 3.65. The molecule has 0 bridgehead atoms. The van der Waals surface area contributed by atoms with Crippen molar-refractivity contribution in [2.75, 3.05) is 19.8 Å². The zero-order valence-corrected chi connectivity index (χ0v) is 9.85. The zero-order valence-electron chi connectivity index (χ0n) is 9.85. The minimum atomic E-state index is -0.186. The van der Waals surface area contributed by atoms with Crippen LogP contribution in [-0.2, 0) is 4.74 Å². The minimum absolute atomic E-state index is 0.186. The van der Waals surface area contributed by atoms with Crippen LogP contribution < -0.4 is 0 Å². The smallest absolute Gasteiger partial charge is 0.0739 e. The number of aliphatic hydroxyl groups is 1. The number of rotatable bonds is 1. The molecule has 3 nitrogen and oxygen atoms in total. The molecule has 0 spiro atoms. The van der Waals surface area contributed by atoms with E-state index < -0.39 is 0 Å². The second-order valence-electron chi connectivity index (χ2n) is 5.21. The van der Waals surface area contributed by atoms with E-state index in [0.717, 1.165) is 25.5 Å². The summed E-state index contributed by atoms with van der Waals surface area (Å²) < 4.78 is 5.48. The van der Waals surface area contributed by atoms with Gasteiger partial charge in [-0.2, -0.15) is 0 Å². The third-order valence-corrected chi connectivity index (χ3v) is 3.91. The average Bonchev–Trinajstić information content (AvgIpc) is 2.20. The van der Waals surface area contributed by atoms with E-state index in [9.17, 15) is 5.11 Å². The number of likely N-dealkylation sites (tertiary alicyclic amines) is 1. The van der Waals surface area contributed by atoms with Crippen molar-refractivity contribution >= 4 is 0 Å². The van der Waals surface area contributed by atoms with Crippen molar-refractivity contribution in [3.8, 4) is 0 Å². The van der Waals surface area contributed by atoms with Crippen molar-refractivity contribution in [3.63, 3.8) is 0 Å². The lowest BCUT2D eigenvalue weighted by Crippen LogP contribution is -2.55. The number of hydrogen-bond acceptors (Lipinski definition) is 3. The van der Waals surface area contributed by atoms with Crippen molar-refractivity contribution in [2.24, 2.45) is 5.92 Å². The fourth-order valence-electron chi connectivity index (χ4n) is 2.95. The van der Waals surface area contributed by atoms with Gasteiger partial charge in [-0.1, -0.05) is 6.92 Å². The van der Waals surface area contributed by atoms with Gasteiger partial charge >= 0.3 is 0 Å². The largest absolute Gasteiger partial charge is 0.391 e. The highest BCUT2D eigenvalue weighted by atomic mass is 16.5. The van der Waals surface area contributed by atoms with Crippen LogP contribution in [0.15, 0.2) is 0 Å². The molecule has 15 heavy (non-hydrogen) atoms. The van der Waals surface area contributed by atoms with Crippen LogP contribution in [0.3, 0.4) is 0 Å². The highest BCUT2D eigenvalue weighted by Crippen LogP contribution is 2.26. The molecule has 0 saturated carbocycles. The van der Waals surface area contributed by atoms with Gasteiger partial charge < -0.3 is 9.84 Å². The van der Waals surface area contributed by atoms with Crippen LogP contribution in [0, 0.1) is 5.92 Å². The Morgan fingerprint density at radius 1 is 1.27 bits per heavy atom. The van der Waals surface area contributed by atoms with Crippen LogP contribution >= 0.6 is 0 Å². The van der Waals surface area contributed by atoms with Crippen LogP contribution in [0.5, 0.6) is 0 Å². The molecular weight excluding hydrogens is 190 g/mol. The van der Waals surface area contributed by atoms with Gasteiger partial charge in [0, 0.05) is 12.6 Å². The molecule has 0 aromatic rings. The van der Waals surface area contributed by atoms with E-state index in [1.54, 1.807) is 0 Å². The SMILES string of the molecule is CC1CCN(C2COCCC2O)C(C)C1. The molecule has 2 fully saturated rings. The second-order valence-corrected chi connectivity index (χ2v) is 5.21. The Hall–Kier alpha value is -0.120. The summed E-state index contributed by atoms with van der Waals surface area (Å²) in [4.78, 5) is 2.45. The highest BCUT2D eigenvalue weighted by Gasteiger charge is 2.34. The van der Waals surface area contributed by atoms with Crippen molar-refractivity contribution in [3.05, 3.63) is 0 Å². The predicted octanol–water partition coefficient (Wildman–Crippen LogP) is 1.26. The van der Waals surface area contributed by atoms with E-state index in [2.05, 4.69) is 18.7 Å². The molecule has 2 heterocycles. The maximum atomic E-state index is 9.98. The summed E-state index contributed by atoms with van der Waals surface area (Å²) >= 11 is 0. The van der Waals surface area contributed by atoms with Crippen LogP contribution in [0.2, 0.25) is 0 Å². The van der Waals surface area contributed by atoms with Gasteiger partial charge in [-0.25, -0.2) is 0 Å². The first-order valence-corrected chi connectivity index (χ1v) is 6.20. The summed E-state index contributed by atoms with van der Waals surface area (Å²) in [5.41, 5.74) is 0. The van der Waals surface area contributed by atoms with Crippen LogP contribution in [0.25, 0.3) is 0 Å². The van der Waals surface area contributed by atoms with E-state index in [1.807, 2.05) is 0 Å². The van der Waals surface area contributed by atoms with E-state index in [1.165, 1.54) is 12.8 Å². The molecule has 2 aliphatic heterocycles. The lowest BCUT2D eigenvalue weighted by atomic mass is 9.90. The lowest BCUT2D eigenvalue weighted by Gasteiger charge is -2.44. The quantitative estimate of drug-likeness (QED) is 0.711.